The van der Waals surface area contributed by atoms with Crippen LogP contribution in [0.1, 0.15) is 40.5 Å². The van der Waals surface area contributed by atoms with E-state index in [1.165, 1.54) is 12.1 Å². The number of halogens is 1. The van der Waals surface area contributed by atoms with E-state index >= 15 is 0 Å². The molecule has 5 rings (SSSR count). The summed E-state index contributed by atoms with van der Waals surface area (Å²) in [5.41, 5.74) is 3.18. The number of nitrogens with one attached hydrogen (secondary N) is 1. The van der Waals surface area contributed by atoms with Crippen LogP contribution in [0.4, 0.5) is 4.39 Å². The number of aromatic nitrogens is 6. The Morgan fingerprint density at radius 1 is 1.13 bits per heavy atom. The first-order valence-corrected chi connectivity index (χ1v) is 9.90. The fraction of sp³-hybridized carbons (Fsp3) is 0.286. The molecule has 0 unspecified atom stereocenters. The molecular formula is C21H20FN7O. The summed E-state index contributed by atoms with van der Waals surface area (Å²) in [4.78, 5) is 22.6. The normalized spacial score (nSPS) is 15.0. The molecule has 1 N–H and O–H groups in total. The number of carbonyl (C=O) groups excluding carboxylic acids is 1. The van der Waals surface area contributed by atoms with Gasteiger partial charge in [-0.25, -0.2) is 14.1 Å². The number of aromatic amines is 1. The molecule has 9 heteroatoms. The third-order valence-electron chi connectivity index (χ3n) is 5.57. The van der Waals surface area contributed by atoms with Gasteiger partial charge in [0, 0.05) is 24.6 Å². The van der Waals surface area contributed by atoms with Gasteiger partial charge in [-0.2, -0.15) is 0 Å². The molecule has 0 bridgehead atoms. The summed E-state index contributed by atoms with van der Waals surface area (Å²) in [7, 11) is 0. The molecule has 1 aliphatic rings. The van der Waals surface area contributed by atoms with Gasteiger partial charge >= 0.3 is 0 Å². The lowest BCUT2D eigenvalue weighted by Crippen LogP contribution is -2.38. The zero-order valence-corrected chi connectivity index (χ0v) is 16.2. The van der Waals surface area contributed by atoms with E-state index in [0.717, 1.165) is 29.7 Å². The number of H-pyrrole nitrogens is 1. The third-order valence-corrected chi connectivity index (χ3v) is 5.57. The van der Waals surface area contributed by atoms with Crippen LogP contribution in [0.3, 0.4) is 0 Å². The van der Waals surface area contributed by atoms with Gasteiger partial charge in [-0.3, -0.25) is 4.79 Å². The fourth-order valence-electron chi connectivity index (χ4n) is 3.93. The van der Waals surface area contributed by atoms with Gasteiger partial charge in [0.2, 0.25) is 0 Å². The summed E-state index contributed by atoms with van der Waals surface area (Å²) in [6.45, 7) is 1.90. The van der Waals surface area contributed by atoms with Gasteiger partial charge < -0.3 is 9.88 Å². The summed E-state index contributed by atoms with van der Waals surface area (Å²) >= 11 is 0. The molecule has 8 nitrogen and oxygen atoms in total. The van der Waals surface area contributed by atoms with Crippen molar-refractivity contribution in [2.45, 2.75) is 25.3 Å². The summed E-state index contributed by atoms with van der Waals surface area (Å²) in [6, 6.07) is 12.1. The molecule has 152 valence electrons. The molecule has 0 atom stereocenters. The summed E-state index contributed by atoms with van der Waals surface area (Å²) < 4.78 is 15.0. The molecule has 30 heavy (non-hydrogen) atoms. The maximum absolute atomic E-state index is 13.4. The van der Waals surface area contributed by atoms with E-state index in [1.807, 2.05) is 29.2 Å². The second-order valence-electron chi connectivity index (χ2n) is 7.55. The van der Waals surface area contributed by atoms with Crippen LogP contribution in [0.2, 0.25) is 0 Å². The lowest BCUT2D eigenvalue weighted by molar-refractivity contribution is 0.0711. The highest BCUT2D eigenvalue weighted by Crippen LogP contribution is 2.28. The molecule has 4 aromatic rings. The van der Waals surface area contributed by atoms with Gasteiger partial charge in [0.05, 0.1) is 17.6 Å². The number of amides is 1. The van der Waals surface area contributed by atoms with Crippen LogP contribution < -0.4 is 0 Å². The van der Waals surface area contributed by atoms with E-state index in [1.54, 1.807) is 17.1 Å². The number of benzene rings is 2. The van der Waals surface area contributed by atoms with E-state index in [0.29, 0.717) is 30.7 Å². The van der Waals surface area contributed by atoms with Crippen molar-refractivity contribution in [2.75, 3.05) is 13.1 Å². The van der Waals surface area contributed by atoms with Crippen LogP contribution >= 0.6 is 0 Å². The molecule has 0 radical (unpaired) electrons. The third kappa shape index (κ3) is 3.66. The minimum absolute atomic E-state index is 0.0362. The number of tetrazole rings is 1. The highest BCUT2D eigenvalue weighted by Gasteiger charge is 2.26. The smallest absolute Gasteiger partial charge is 0.253 e. The first-order valence-electron chi connectivity index (χ1n) is 9.90. The summed E-state index contributed by atoms with van der Waals surface area (Å²) in [6.07, 6.45) is 3.21. The van der Waals surface area contributed by atoms with Crippen molar-refractivity contribution in [1.82, 2.24) is 35.1 Å². The number of hydrogen-bond donors (Lipinski definition) is 1. The fourth-order valence-corrected chi connectivity index (χ4v) is 3.93. The second-order valence-corrected chi connectivity index (χ2v) is 7.55. The van der Waals surface area contributed by atoms with Gasteiger partial charge in [-0.1, -0.05) is 12.1 Å². The first-order chi connectivity index (χ1) is 14.7. The van der Waals surface area contributed by atoms with E-state index in [-0.39, 0.29) is 17.6 Å². The van der Waals surface area contributed by atoms with Gasteiger partial charge in [0.25, 0.3) is 5.91 Å². The maximum Gasteiger partial charge on any atom is 0.253 e. The van der Waals surface area contributed by atoms with Crippen LogP contribution in [-0.2, 0) is 6.54 Å². The molecule has 1 amide bonds. The summed E-state index contributed by atoms with van der Waals surface area (Å²) in [5.74, 6) is 0.869. The Balaban J connectivity index is 1.22. The van der Waals surface area contributed by atoms with Crippen LogP contribution in [0, 0.1) is 5.82 Å². The Bertz CT molecular complexity index is 1160. The number of rotatable bonds is 4. The number of fused-ring (bicyclic) bond motifs is 1. The summed E-state index contributed by atoms with van der Waals surface area (Å²) in [5, 5.41) is 11.1. The number of hydrogen-bond acceptors (Lipinski definition) is 5. The van der Waals surface area contributed by atoms with Crippen molar-refractivity contribution in [1.29, 1.82) is 0 Å². The molecule has 1 aliphatic heterocycles. The maximum atomic E-state index is 13.4. The quantitative estimate of drug-likeness (QED) is 0.564. The van der Waals surface area contributed by atoms with E-state index < -0.39 is 0 Å². The van der Waals surface area contributed by atoms with Crippen molar-refractivity contribution in [3.8, 4) is 0 Å². The van der Waals surface area contributed by atoms with Crippen LogP contribution in [-0.4, -0.2) is 54.1 Å². The van der Waals surface area contributed by atoms with Crippen molar-refractivity contribution < 1.29 is 9.18 Å². The lowest BCUT2D eigenvalue weighted by atomic mass is 9.95. The van der Waals surface area contributed by atoms with Crippen LogP contribution in [0.5, 0.6) is 0 Å². The Morgan fingerprint density at radius 3 is 2.67 bits per heavy atom. The minimum atomic E-state index is -0.276. The Hall–Kier alpha value is -3.62. The zero-order valence-electron chi connectivity index (χ0n) is 16.2. The van der Waals surface area contributed by atoms with Crippen LogP contribution in [0.25, 0.3) is 11.0 Å². The molecule has 1 saturated heterocycles. The number of likely N-dealkylation sites (tertiary alicyclic amines) is 1. The second kappa shape index (κ2) is 7.66. The molecule has 3 heterocycles. The van der Waals surface area contributed by atoms with E-state index in [9.17, 15) is 9.18 Å². The minimum Gasteiger partial charge on any atom is -0.342 e. The Kier molecular flexibility index (Phi) is 4.70. The molecule has 1 fully saturated rings. The van der Waals surface area contributed by atoms with E-state index in [4.69, 9.17) is 0 Å². The SMILES string of the molecule is O=C(c1ccc(Cn2cnnn2)cc1)N1CCC(c2nc3ccc(F)cc3[nH]2)CC1. The highest BCUT2D eigenvalue weighted by atomic mass is 19.1. The average molecular weight is 405 g/mol. The van der Waals surface area contributed by atoms with Crippen molar-refractivity contribution >= 4 is 16.9 Å². The number of imidazole rings is 1. The topological polar surface area (TPSA) is 92.6 Å². The molecular weight excluding hydrogens is 385 g/mol. The Labute approximate surface area is 171 Å². The largest absolute Gasteiger partial charge is 0.342 e. The molecule has 0 aliphatic carbocycles. The van der Waals surface area contributed by atoms with Gasteiger partial charge in [-0.05, 0) is 59.2 Å². The highest BCUT2D eigenvalue weighted by molar-refractivity contribution is 5.94. The lowest BCUT2D eigenvalue weighted by Gasteiger charge is -2.31. The molecule has 0 saturated carbocycles. The van der Waals surface area contributed by atoms with Gasteiger partial charge in [0.15, 0.2) is 0 Å². The Morgan fingerprint density at radius 2 is 1.93 bits per heavy atom. The predicted octanol–water partition coefficient (Wildman–Crippen LogP) is 2.76. The standard InChI is InChI=1S/C21H20FN7O/c22-17-5-6-18-19(11-17)25-20(24-18)15-7-9-28(10-8-15)21(30)16-3-1-14(2-4-16)12-29-13-23-26-27-29/h1-6,11,13,15H,7-10,12H2,(H,24,25). The molecule has 0 spiro atoms. The molecule has 2 aromatic carbocycles. The first kappa shape index (κ1) is 18.4. The van der Waals surface area contributed by atoms with Gasteiger partial charge in [-0.15, -0.1) is 5.10 Å². The number of piperidine rings is 1. The zero-order chi connectivity index (χ0) is 20.5. The number of nitrogens with zero attached hydrogens (tertiary/aromatic N) is 6. The average Bonchev–Trinajstić information content (AvgIpc) is 3.43. The van der Waals surface area contributed by atoms with E-state index in [2.05, 4.69) is 25.5 Å². The number of carbonyl (C=O) groups is 1. The monoisotopic (exact) mass is 405 g/mol. The van der Waals surface area contributed by atoms with Crippen molar-refractivity contribution in [3.05, 3.63) is 71.6 Å². The predicted molar refractivity (Wildman–Crippen MR) is 107 cm³/mol. The van der Waals surface area contributed by atoms with Crippen LogP contribution in [0.15, 0.2) is 48.8 Å². The van der Waals surface area contributed by atoms with Crippen molar-refractivity contribution in [3.63, 3.8) is 0 Å². The van der Waals surface area contributed by atoms with Gasteiger partial charge in [0.1, 0.15) is 18.0 Å². The van der Waals surface area contributed by atoms with Crippen molar-refractivity contribution in [2.24, 2.45) is 0 Å². The molecule has 2 aromatic heterocycles.